The molecule has 0 spiro atoms. The molecule has 8 heteroatoms. The Labute approximate surface area is 164 Å². The van der Waals surface area contributed by atoms with Gasteiger partial charge in [0.25, 0.3) is 11.8 Å². The molecule has 1 saturated heterocycles. The van der Waals surface area contributed by atoms with Gasteiger partial charge in [0.05, 0.1) is 5.52 Å². The summed E-state index contributed by atoms with van der Waals surface area (Å²) in [6.07, 6.45) is 4.30. The zero-order chi connectivity index (χ0) is 20.1. The van der Waals surface area contributed by atoms with Crippen molar-refractivity contribution in [3.8, 4) is 0 Å². The predicted octanol–water partition coefficient (Wildman–Crippen LogP) is 1.51. The van der Waals surface area contributed by atoms with E-state index in [1.807, 2.05) is 32.0 Å². The van der Waals surface area contributed by atoms with Crippen LogP contribution in [0.1, 0.15) is 47.8 Å². The van der Waals surface area contributed by atoms with E-state index >= 15 is 0 Å². The Bertz CT molecular complexity index is 849. The second kappa shape index (κ2) is 8.86. The third-order valence-electron chi connectivity index (χ3n) is 4.97. The molecule has 0 atom stereocenters. The Kier molecular flexibility index (Phi) is 6.28. The van der Waals surface area contributed by atoms with Crippen molar-refractivity contribution in [2.45, 2.75) is 26.7 Å². The van der Waals surface area contributed by atoms with Gasteiger partial charge in [-0.2, -0.15) is 0 Å². The van der Waals surface area contributed by atoms with Crippen LogP contribution in [0.5, 0.6) is 0 Å². The molecule has 3 amide bonds. The van der Waals surface area contributed by atoms with Gasteiger partial charge in [0.2, 0.25) is 12.2 Å². The van der Waals surface area contributed by atoms with Crippen LogP contribution in [0.2, 0.25) is 0 Å². The van der Waals surface area contributed by atoms with Crippen molar-refractivity contribution in [1.29, 1.82) is 0 Å². The van der Waals surface area contributed by atoms with E-state index in [-0.39, 0.29) is 17.6 Å². The lowest BCUT2D eigenvalue weighted by atomic mass is 10.2. The van der Waals surface area contributed by atoms with Gasteiger partial charge in [0, 0.05) is 45.5 Å². The molecule has 2 aromatic rings. The van der Waals surface area contributed by atoms with Gasteiger partial charge in [-0.3, -0.25) is 18.8 Å². The summed E-state index contributed by atoms with van der Waals surface area (Å²) in [7, 11) is 0. The normalized spacial score (nSPS) is 14.4. The van der Waals surface area contributed by atoms with Crippen LogP contribution in [0.25, 0.3) is 5.52 Å². The van der Waals surface area contributed by atoms with Gasteiger partial charge in [-0.25, -0.2) is 4.98 Å². The highest BCUT2D eigenvalue weighted by molar-refractivity contribution is 6.02. The van der Waals surface area contributed by atoms with E-state index in [9.17, 15) is 14.4 Å². The maximum Gasteiger partial charge on any atom is 0.290 e. The Hall–Kier alpha value is -2.90. The molecule has 28 heavy (non-hydrogen) atoms. The number of carbonyl (C=O) groups is 3. The molecule has 2 aromatic heterocycles. The van der Waals surface area contributed by atoms with Crippen LogP contribution in [-0.2, 0) is 4.79 Å². The Balaban J connectivity index is 1.93. The first-order chi connectivity index (χ1) is 13.6. The molecule has 0 bridgehead atoms. The fourth-order valence-electron chi connectivity index (χ4n) is 3.52. The molecule has 1 aliphatic heterocycles. The molecule has 8 nitrogen and oxygen atoms in total. The second-order valence-electron chi connectivity index (χ2n) is 6.97. The van der Waals surface area contributed by atoms with Crippen LogP contribution >= 0.6 is 0 Å². The minimum atomic E-state index is -0.219. The van der Waals surface area contributed by atoms with E-state index in [2.05, 4.69) is 4.98 Å². The lowest BCUT2D eigenvalue weighted by Gasteiger charge is -2.32. The molecule has 1 fully saturated rings. The van der Waals surface area contributed by atoms with E-state index < -0.39 is 0 Å². The number of pyridine rings is 1. The number of imidazole rings is 1. The van der Waals surface area contributed by atoms with Gasteiger partial charge in [0.15, 0.2) is 5.69 Å². The first kappa shape index (κ1) is 19.9. The summed E-state index contributed by atoms with van der Waals surface area (Å²) in [4.78, 5) is 46.7. The zero-order valence-corrected chi connectivity index (χ0v) is 16.5. The molecule has 0 aromatic carbocycles. The monoisotopic (exact) mass is 385 g/mol. The molecule has 3 heterocycles. The number of amides is 3. The summed E-state index contributed by atoms with van der Waals surface area (Å²) in [5, 5.41) is 0. The highest BCUT2D eigenvalue weighted by atomic mass is 16.2. The lowest BCUT2D eigenvalue weighted by molar-refractivity contribution is -0.119. The number of piperazine rings is 1. The highest BCUT2D eigenvalue weighted by Gasteiger charge is 2.28. The van der Waals surface area contributed by atoms with Crippen LogP contribution in [0, 0.1) is 0 Å². The SMILES string of the molecule is CCCN(CCC)C(=O)c1nc(C(=O)N2CCN(C=O)CC2)n2ccccc12. The first-order valence-corrected chi connectivity index (χ1v) is 9.85. The van der Waals surface area contributed by atoms with Crippen LogP contribution in [-0.4, -0.2) is 81.6 Å². The van der Waals surface area contributed by atoms with Crippen molar-refractivity contribution in [2.24, 2.45) is 0 Å². The van der Waals surface area contributed by atoms with Gasteiger partial charge in [0.1, 0.15) is 0 Å². The van der Waals surface area contributed by atoms with Crippen molar-refractivity contribution < 1.29 is 14.4 Å². The van der Waals surface area contributed by atoms with Crippen LogP contribution in [0.4, 0.5) is 0 Å². The third kappa shape index (κ3) is 3.85. The van der Waals surface area contributed by atoms with Crippen molar-refractivity contribution in [2.75, 3.05) is 39.3 Å². The fraction of sp³-hybridized carbons (Fsp3) is 0.500. The third-order valence-corrected chi connectivity index (χ3v) is 4.97. The van der Waals surface area contributed by atoms with Crippen molar-refractivity contribution in [3.05, 3.63) is 35.9 Å². The van der Waals surface area contributed by atoms with Gasteiger partial charge in [-0.05, 0) is 25.0 Å². The van der Waals surface area contributed by atoms with Gasteiger partial charge in [-0.1, -0.05) is 19.9 Å². The minimum absolute atomic E-state index is 0.141. The number of fused-ring (bicyclic) bond motifs is 1. The molecule has 150 valence electrons. The van der Waals surface area contributed by atoms with Gasteiger partial charge in [-0.15, -0.1) is 0 Å². The molecule has 0 saturated carbocycles. The largest absolute Gasteiger partial charge is 0.342 e. The topological polar surface area (TPSA) is 78.2 Å². The van der Waals surface area contributed by atoms with Crippen LogP contribution in [0.3, 0.4) is 0 Å². The Morgan fingerprint density at radius 1 is 1.11 bits per heavy atom. The van der Waals surface area contributed by atoms with Crippen molar-refractivity contribution in [3.63, 3.8) is 0 Å². The molecule has 0 radical (unpaired) electrons. The molecule has 0 unspecified atom stereocenters. The number of rotatable bonds is 7. The smallest absolute Gasteiger partial charge is 0.290 e. The molecule has 0 N–H and O–H groups in total. The summed E-state index contributed by atoms with van der Waals surface area (Å²) in [5.41, 5.74) is 0.956. The number of hydrogen-bond acceptors (Lipinski definition) is 4. The first-order valence-electron chi connectivity index (χ1n) is 9.85. The van der Waals surface area contributed by atoms with E-state index in [0.717, 1.165) is 19.3 Å². The standard InChI is InChI=1S/C20H27N5O3/c1-3-8-23(9-4-2)19(27)17-16-7-5-6-10-25(16)18(21-17)20(28)24-13-11-22(15-26)12-14-24/h5-7,10,15H,3-4,8-9,11-14H2,1-2H3. The fourth-order valence-corrected chi connectivity index (χ4v) is 3.52. The molecular formula is C20H27N5O3. The van der Waals surface area contributed by atoms with E-state index in [0.29, 0.717) is 50.5 Å². The average Bonchev–Trinajstić information content (AvgIpc) is 3.12. The van der Waals surface area contributed by atoms with E-state index in [4.69, 9.17) is 0 Å². The Morgan fingerprint density at radius 2 is 1.79 bits per heavy atom. The quantitative estimate of drug-likeness (QED) is 0.677. The summed E-state index contributed by atoms with van der Waals surface area (Å²) in [6, 6.07) is 5.48. The lowest BCUT2D eigenvalue weighted by Crippen LogP contribution is -2.48. The number of hydrogen-bond donors (Lipinski definition) is 0. The van der Waals surface area contributed by atoms with Gasteiger partial charge >= 0.3 is 0 Å². The molecule has 1 aliphatic rings. The number of nitrogens with zero attached hydrogens (tertiary/aromatic N) is 5. The highest BCUT2D eigenvalue weighted by Crippen LogP contribution is 2.18. The second-order valence-corrected chi connectivity index (χ2v) is 6.97. The molecular weight excluding hydrogens is 358 g/mol. The van der Waals surface area contributed by atoms with Crippen LogP contribution < -0.4 is 0 Å². The van der Waals surface area contributed by atoms with Crippen LogP contribution in [0.15, 0.2) is 24.4 Å². The van der Waals surface area contributed by atoms with Crippen molar-refractivity contribution in [1.82, 2.24) is 24.1 Å². The predicted molar refractivity (Wildman–Crippen MR) is 105 cm³/mol. The maximum absolute atomic E-state index is 13.1. The number of aromatic nitrogens is 2. The summed E-state index contributed by atoms with van der Waals surface area (Å²) in [5.74, 6) is -0.119. The molecule has 3 rings (SSSR count). The number of carbonyl (C=O) groups excluding carboxylic acids is 3. The summed E-state index contributed by atoms with van der Waals surface area (Å²) < 4.78 is 1.69. The summed E-state index contributed by atoms with van der Waals surface area (Å²) in [6.45, 7) is 7.33. The zero-order valence-electron chi connectivity index (χ0n) is 16.5. The molecule has 0 aliphatic carbocycles. The van der Waals surface area contributed by atoms with Crippen molar-refractivity contribution >= 4 is 23.7 Å². The van der Waals surface area contributed by atoms with E-state index in [1.54, 1.807) is 25.3 Å². The Morgan fingerprint density at radius 3 is 2.39 bits per heavy atom. The minimum Gasteiger partial charge on any atom is -0.342 e. The average molecular weight is 385 g/mol. The summed E-state index contributed by atoms with van der Waals surface area (Å²) >= 11 is 0. The van der Waals surface area contributed by atoms with E-state index in [1.165, 1.54) is 0 Å². The maximum atomic E-state index is 13.1. The van der Waals surface area contributed by atoms with Gasteiger partial charge < -0.3 is 14.7 Å².